The SMILES string of the molecule is COc1cc(/C=C2\C(=O)N(CC(C)C)c3ccccc32)cc(Br)c1OCc1ccccc1Cl. The van der Waals surface area contributed by atoms with Crippen molar-refractivity contribution in [3.8, 4) is 11.5 Å². The molecule has 33 heavy (non-hydrogen) atoms. The predicted octanol–water partition coefficient (Wildman–Crippen LogP) is 7.23. The number of methoxy groups -OCH3 is 1. The molecule has 0 bridgehead atoms. The molecule has 0 spiro atoms. The van der Waals surface area contributed by atoms with Crippen molar-refractivity contribution < 1.29 is 14.3 Å². The normalized spacial score (nSPS) is 14.2. The Labute approximate surface area is 207 Å². The van der Waals surface area contributed by atoms with E-state index in [0.29, 0.717) is 41.2 Å². The van der Waals surface area contributed by atoms with Crippen LogP contribution in [0.25, 0.3) is 11.6 Å². The van der Waals surface area contributed by atoms with Crippen LogP contribution in [0.5, 0.6) is 11.5 Å². The van der Waals surface area contributed by atoms with Gasteiger partial charge in [0, 0.05) is 28.3 Å². The second kappa shape index (κ2) is 10.0. The average Bonchev–Trinajstić information content (AvgIpc) is 3.04. The van der Waals surface area contributed by atoms with E-state index in [1.165, 1.54) is 0 Å². The minimum absolute atomic E-state index is 0.0130. The van der Waals surface area contributed by atoms with Gasteiger partial charge in [-0.2, -0.15) is 0 Å². The fourth-order valence-corrected chi connectivity index (χ4v) is 4.65. The number of carbonyl (C=O) groups excluding carboxylic acids is 1. The first-order valence-electron chi connectivity index (χ1n) is 10.8. The van der Waals surface area contributed by atoms with Gasteiger partial charge in [-0.1, -0.05) is 61.8 Å². The van der Waals surface area contributed by atoms with E-state index in [4.69, 9.17) is 21.1 Å². The molecular weight excluding hydrogens is 502 g/mol. The van der Waals surface area contributed by atoms with Crippen LogP contribution < -0.4 is 14.4 Å². The van der Waals surface area contributed by atoms with Gasteiger partial charge in [0.1, 0.15) is 6.61 Å². The molecule has 0 aromatic heterocycles. The minimum atomic E-state index is 0.0130. The van der Waals surface area contributed by atoms with E-state index in [1.807, 2.05) is 71.6 Å². The zero-order valence-corrected chi connectivity index (χ0v) is 21.1. The molecule has 170 valence electrons. The van der Waals surface area contributed by atoms with Gasteiger partial charge < -0.3 is 14.4 Å². The molecule has 0 saturated heterocycles. The second-order valence-electron chi connectivity index (χ2n) is 8.30. The van der Waals surface area contributed by atoms with E-state index >= 15 is 0 Å². The van der Waals surface area contributed by atoms with Gasteiger partial charge in [-0.15, -0.1) is 0 Å². The van der Waals surface area contributed by atoms with Crippen molar-refractivity contribution in [1.82, 2.24) is 0 Å². The lowest BCUT2D eigenvalue weighted by molar-refractivity contribution is -0.113. The molecule has 0 atom stereocenters. The molecule has 3 aromatic rings. The zero-order valence-electron chi connectivity index (χ0n) is 18.8. The molecule has 4 nitrogen and oxygen atoms in total. The summed E-state index contributed by atoms with van der Waals surface area (Å²) in [6.45, 7) is 5.21. The summed E-state index contributed by atoms with van der Waals surface area (Å²) in [7, 11) is 1.60. The van der Waals surface area contributed by atoms with Gasteiger partial charge in [0.15, 0.2) is 11.5 Å². The Kier molecular flexibility index (Phi) is 7.11. The summed E-state index contributed by atoms with van der Waals surface area (Å²) in [4.78, 5) is 15.1. The van der Waals surface area contributed by atoms with E-state index in [0.717, 1.165) is 26.9 Å². The summed E-state index contributed by atoms with van der Waals surface area (Å²) >= 11 is 9.86. The number of anilines is 1. The summed E-state index contributed by atoms with van der Waals surface area (Å²) in [6, 6.07) is 19.3. The van der Waals surface area contributed by atoms with Crippen molar-refractivity contribution in [2.24, 2.45) is 5.92 Å². The van der Waals surface area contributed by atoms with Gasteiger partial charge >= 0.3 is 0 Å². The Bertz CT molecular complexity index is 1220. The molecule has 1 aliphatic rings. The van der Waals surface area contributed by atoms with Gasteiger partial charge in [0.25, 0.3) is 5.91 Å². The lowest BCUT2D eigenvalue weighted by Gasteiger charge is -2.19. The van der Waals surface area contributed by atoms with Gasteiger partial charge in [0.05, 0.1) is 17.3 Å². The Morgan fingerprint density at radius 3 is 2.55 bits per heavy atom. The van der Waals surface area contributed by atoms with Gasteiger partial charge in [-0.25, -0.2) is 0 Å². The third-order valence-electron chi connectivity index (χ3n) is 5.40. The summed E-state index contributed by atoms with van der Waals surface area (Å²) in [6.07, 6.45) is 1.91. The monoisotopic (exact) mass is 525 g/mol. The summed E-state index contributed by atoms with van der Waals surface area (Å²) < 4.78 is 12.4. The number of amides is 1. The van der Waals surface area contributed by atoms with Crippen LogP contribution in [0.1, 0.15) is 30.5 Å². The van der Waals surface area contributed by atoms with Crippen LogP contribution in [-0.2, 0) is 11.4 Å². The Hall–Kier alpha value is -2.76. The Morgan fingerprint density at radius 2 is 1.82 bits per heavy atom. The molecule has 1 aliphatic heterocycles. The van der Waals surface area contributed by atoms with Crippen LogP contribution in [0.3, 0.4) is 0 Å². The number of ether oxygens (including phenoxy) is 2. The third kappa shape index (κ3) is 4.94. The number of rotatable bonds is 7. The largest absolute Gasteiger partial charge is 0.493 e. The van der Waals surface area contributed by atoms with Crippen LogP contribution in [0.4, 0.5) is 5.69 Å². The van der Waals surface area contributed by atoms with Crippen molar-refractivity contribution in [2.75, 3.05) is 18.6 Å². The van der Waals surface area contributed by atoms with E-state index in [9.17, 15) is 4.79 Å². The topological polar surface area (TPSA) is 38.8 Å². The summed E-state index contributed by atoms with van der Waals surface area (Å²) in [5, 5.41) is 0.651. The molecule has 0 unspecified atom stereocenters. The number of para-hydroxylation sites is 1. The number of hydrogen-bond donors (Lipinski definition) is 0. The molecule has 0 radical (unpaired) electrons. The Balaban J connectivity index is 1.67. The quantitative estimate of drug-likeness (QED) is 0.305. The van der Waals surface area contributed by atoms with Crippen molar-refractivity contribution in [1.29, 1.82) is 0 Å². The van der Waals surface area contributed by atoms with Gasteiger partial charge in [-0.3, -0.25) is 4.79 Å². The summed E-state index contributed by atoms with van der Waals surface area (Å²) in [5.41, 5.74) is 4.29. The van der Waals surface area contributed by atoms with Gasteiger partial charge in [0.2, 0.25) is 0 Å². The highest BCUT2D eigenvalue weighted by atomic mass is 79.9. The lowest BCUT2D eigenvalue weighted by Crippen LogP contribution is -2.30. The molecule has 0 saturated carbocycles. The minimum Gasteiger partial charge on any atom is -0.493 e. The third-order valence-corrected chi connectivity index (χ3v) is 6.36. The second-order valence-corrected chi connectivity index (χ2v) is 9.56. The summed E-state index contributed by atoms with van der Waals surface area (Å²) in [5.74, 6) is 1.53. The maximum Gasteiger partial charge on any atom is 0.259 e. The van der Waals surface area contributed by atoms with Crippen molar-refractivity contribution >= 4 is 50.8 Å². The smallest absolute Gasteiger partial charge is 0.259 e. The molecular formula is C27H25BrClNO3. The molecule has 1 heterocycles. The molecule has 0 N–H and O–H groups in total. The first-order chi connectivity index (χ1) is 15.9. The van der Waals surface area contributed by atoms with E-state index < -0.39 is 0 Å². The molecule has 4 rings (SSSR count). The highest BCUT2D eigenvalue weighted by molar-refractivity contribution is 9.10. The molecule has 1 amide bonds. The fraction of sp³-hybridized carbons (Fsp3) is 0.222. The van der Waals surface area contributed by atoms with Crippen molar-refractivity contribution in [3.63, 3.8) is 0 Å². The highest BCUT2D eigenvalue weighted by Crippen LogP contribution is 2.41. The number of carbonyl (C=O) groups is 1. The lowest BCUT2D eigenvalue weighted by atomic mass is 10.0. The van der Waals surface area contributed by atoms with Crippen LogP contribution in [-0.4, -0.2) is 19.6 Å². The molecule has 0 fully saturated rings. The molecule has 0 aliphatic carbocycles. The first-order valence-corrected chi connectivity index (χ1v) is 11.9. The van der Waals surface area contributed by atoms with Crippen LogP contribution in [0.2, 0.25) is 5.02 Å². The maximum atomic E-state index is 13.3. The van der Waals surface area contributed by atoms with E-state index in [2.05, 4.69) is 29.8 Å². The number of nitrogens with zero attached hydrogens (tertiary/aromatic N) is 1. The van der Waals surface area contributed by atoms with E-state index in [-0.39, 0.29) is 5.91 Å². The van der Waals surface area contributed by atoms with Crippen LogP contribution in [0, 0.1) is 5.92 Å². The number of hydrogen-bond acceptors (Lipinski definition) is 3. The van der Waals surface area contributed by atoms with Gasteiger partial charge in [-0.05, 0) is 57.8 Å². The number of halogens is 2. The van der Waals surface area contributed by atoms with Crippen LogP contribution in [0.15, 0.2) is 65.1 Å². The van der Waals surface area contributed by atoms with Crippen molar-refractivity contribution in [3.05, 3.63) is 86.8 Å². The van der Waals surface area contributed by atoms with E-state index in [1.54, 1.807) is 7.11 Å². The standard InChI is InChI=1S/C27H25BrClNO3/c1-17(2)15-30-24-11-7-5-9-20(24)21(27(30)31)12-18-13-22(28)26(25(14-18)32-3)33-16-19-8-4-6-10-23(19)29/h4-14,17H,15-16H2,1-3H3/b21-12-. The Morgan fingerprint density at radius 1 is 1.09 bits per heavy atom. The highest BCUT2D eigenvalue weighted by Gasteiger charge is 2.32. The molecule has 3 aromatic carbocycles. The number of fused-ring (bicyclic) bond motifs is 1. The zero-order chi connectivity index (χ0) is 23.5. The predicted molar refractivity (Wildman–Crippen MR) is 138 cm³/mol. The fourth-order valence-electron chi connectivity index (χ4n) is 3.89. The maximum absolute atomic E-state index is 13.3. The average molecular weight is 527 g/mol. The van der Waals surface area contributed by atoms with Crippen molar-refractivity contribution in [2.45, 2.75) is 20.5 Å². The first kappa shape index (κ1) is 23.4. The number of benzene rings is 3. The van der Waals surface area contributed by atoms with Crippen LogP contribution >= 0.6 is 27.5 Å². The molecule has 6 heteroatoms.